The Labute approximate surface area is 105 Å². The van der Waals surface area contributed by atoms with Crippen LogP contribution in [0.4, 0.5) is 4.39 Å². The standard InChI is InChI=1S/C11H12ClFO3S/c1-17(15,16)6-2-3-11(14)8-4-5-10(13)9(12)7-8/h4-5,7H,2-3,6H2,1H3. The van der Waals surface area contributed by atoms with Crippen molar-refractivity contribution in [2.75, 3.05) is 12.0 Å². The number of rotatable bonds is 5. The van der Waals surface area contributed by atoms with Crippen molar-refractivity contribution in [3.8, 4) is 0 Å². The lowest BCUT2D eigenvalue weighted by atomic mass is 10.1. The van der Waals surface area contributed by atoms with E-state index in [0.717, 1.165) is 12.3 Å². The summed E-state index contributed by atoms with van der Waals surface area (Å²) in [4.78, 5) is 11.6. The molecule has 0 saturated heterocycles. The molecule has 0 spiro atoms. The van der Waals surface area contributed by atoms with Gasteiger partial charge in [0.15, 0.2) is 5.78 Å². The molecule has 0 heterocycles. The molecule has 0 aliphatic heterocycles. The van der Waals surface area contributed by atoms with E-state index in [1.165, 1.54) is 12.1 Å². The maximum atomic E-state index is 12.8. The van der Waals surface area contributed by atoms with Crippen molar-refractivity contribution in [1.82, 2.24) is 0 Å². The number of carbonyl (C=O) groups excluding carboxylic acids is 1. The molecule has 0 aliphatic rings. The average molecular weight is 279 g/mol. The third-order valence-corrected chi connectivity index (χ3v) is 3.48. The monoisotopic (exact) mass is 278 g/mol. The molecular weight excluding hydrogens is 267 g/mol. The second-order valence-corrected chi connectivity index (χ2v) is 6.45. The summed E-state index contributed by atoms with van der Waals surface area (Å²) >= 11 is 5.54. The fraction of sp³-hybridized carbons (Fsp3) is 0.364. The van der Waals surface area contributed by atoms with Crippen LogP contribution in [-0.2, 0) is 9.84 Å². The van der Waals surface area contributed by atoms with E-state index < -0.39 is 15.7 Å². The minimum atomic E-state index is -3.06. The normalized spacial score (nSPS) is 11.5. The third kappa shape index (κ3) is 4.83. The van der Waals surface area contributed by atoms with Gasteiger partial charge in [0.05, 0.1) is 10.8 Å². The molecule has 0 aliphatic carbocycles. The highest BCUT2D eigenvalue weighted by Gasteiger charge is 2.10. The molecule has 0 unspecified atom stereocenters. The first-order valence-corrected chi connectivity index (χ1v) is 7.39. The van der Waals surface area contributed by atoms with Gasteiger partial charge in [-0.25, -0.2) is 12.8 Å². The summed E-state index contributed by atoms with van der Waals surface area (Å²) < 4.78 is 34.6. The van der Waals surface area contributed by atoms with Crippen LogP contribution in [0.3, 0.4) is 0 Å². The summed E-state index contributed by atoms with van der Waals surface area (Å²) in [5.74, 6) is -0.858. The molecular formula is C11H12ClFO3S. The van der Waals surface area contributed by atoms with Crippen LogP contribution in [0.25, 0.3) is 0 Å². The zero-order valence-electron chi connectivity index (χ0n) is 9.24. The van der Waals surface area contributed by atoms with Gasteiger partial charge in [-0.3, -0.25) is 4.79 Å². The Morgan fingerprint density at radius 1 is 1.41 bits per heavy atom. The molecule has 1 aromatic carbocycles. The summed E-state index contributed by atoms with van der Waals surface area (Å²) in [6.45, 7) is 0. The van der Waals surface area contributed by atoms with Gasteiger partial charge in [-0.15, -0.1) is 0 Å². The van der Waals surface area contributed by atoms with E-state index in [0.29, 0.717) is 5.56 Å². The Hall–Kier alpha value is -0.940. The van der Waals surface area contributed by atoms with Crippen molar-refractivity contribution in [2.24, 2.45) is 0 Å². The maximum Gasteiger partial charge on any atom is 0.162 e. The van der Waals surface area contributed by atoms with Gasteiger partial charge >= 0.3 is 0 Å². The lowest BCUT2D eigenvalue weighted by Gasteiger charge is -2.02. The first kappa shape index (κ1) is 14.1. The van der Waals surface area contributed by atoms with Crippen molar-refractivity contribution >= 4 is 27.2 Å². The second kappa shape index (κ2) is 5.60. The van der Waals surface area contributed by atoms with Crippen LogP contribution in [-0.4, -0.2) is 26.2 Å². The van der Waals surface area contributed by atoms with Crippen LogP contribution in [0.1, 0.15) is 23.2 Å². The van der Waals surface area contributed by atoms with Crippen molar-refractivity contribution in [2.45, 2.75) is 12.8 Å². The predicted molar refractivity (Wildman–Crippen MR) is 64.7 cm³/mol. The van der Waals surface area contributed by atoms with Crippen LogP contribution in [0, 0.1) is 5.82 Å². The Kier molecular flexibility index (Phi) is 4.65. The summed E-state index contributed by atoms with van der Waals surface area (Å²) in [6, 6.07) is 3.70. The fourth-order valence-electron chi connectivity index (χ4n) is 1.31. The number of sulfone groups is 1. The zero-order valence-corrected chi connectivity index (χ0v) is 10.8. The van der Waals surface area contributed by atoms with E-state index in [-0.39, 0.29) is 29.4 Å². The van der Waals surface area contributed by atoms with Gasteiger partial charge in [-0.05, 0) is 24.6 Å². The molecule has 0 N–H and O–H groups in total. The van der Waals surface area contributed by atoms with Gasteiger partial charge < -0.3 is 0 Å². The molecule has 94 valence electrons. The highest BCUT2D eigenvalue weighted by Crippen LogP contribution is 2.17. The van der Waals surface area contributed by atoms with Crippen molar-refractivity contribution in [3.63, 3.8) is 0 Å². The van der Waals surface area contributed by atoms with E-state index in [4.69, 9.17) is 11.6 Å². The van der Waals surface area contributed by atoms with E-state index >= 15 is 0 Å². The lowest BCUT2D eigenvalue weighted by Crippen LogP contribution is -2.06. The van der Waals surface area contributed by atoms with E-state index in [9.17, 15) is 17.6 Å². The number of benzene rings is 1. The summed E-state index contributed by atoms with van der Waals surface area (Å²) in [5, 5.41) is -0.112. The minimum Gasteiger partial charge on any atom is -0.294 e. The van der Waals surface area contributed by atoms with Gasteiger partial charge in [-0.1, -0.05) is 11.6 Å². The first-order valence-electron chi connectivity index (χ1n) is 4.95. The number of hydrogen-bond acceptors (Lipinski definition) is 3. The molecule has 0 saturated carbocycles. The smallest absolute Gasteiger partial charge is 0.162 e. The summed E-state index contributed by atoms with van der Waals surface area (Å²) in [6.07, 6.45) is 1.48. The molecule has 1 rings (SSSR count). The van der Waals surface area contributed by atoms with Crippen LogP contribution in [0.5, 0.6) is 0 Å². The van der Waals surface area contributed by atoms with Gasteiger partial charge in [0, 0.05) is 18.2 Å². The number of carbonyl (C=O) groups is 1. The Balaban J connectivity index is 2.61. The molecule has 6 heteroatoms. The fourth-order valence-corrected chi connectivity index (χ4v) is 2.16. The minimum absolute atomic E-state index is 0.0341. The second-order valence-electron chi connectivity index (χ2n) is 3.79. The van der Waals surface area contributed by atoms with Gasteiger partial charge in [0.2, 0.25) is 0 Å². The highest BCUT2D eigenvalue weighted by molar-refractivity contribution is 7.90. The van der Waals surface area contributed by atoms with Crippen molar-refractivity contribution < 1.29 is 17.6 Å². The van der Waals surface area contributed by atoms with Gasteiger partial charge in [0.1, 0.15) is 15.7 Å². The van der Waals surface area contributed by atoms with E-state index in [2.05, 4.69) is 0 Å². The molecule has 0 aromatic heterocycles. The van der Waals surface area contributed by atoms with Crippen LogP contribution >= 0.6 is 11.6 Å². The average Bonchev–Trinajstić information content (AvgIpc) is 2.20. The molecule has 0 bridgehead atoms. The molecule has 1 aromatic rings. The Bertz CT molecular complexity index is 526. The molecule has 0 amide bonds. The Morgan fingerprint density at radius 3 is 2.59 bits per heavy atom. The number of ketones is 1. The largest absolute Gasteiger partial charge is 0.294 e. The van der Waals surface area contributed by atoms with E-state index in [1.807, 2.05) is 0 Å². The number of Topliss-reactive ketones (excluding diaryl/α,β-unsaturated/α-hetero) is 1. The number of halogens is 2. The maximum absolute atomic E-state index is 12.8. The quantitative estimate of drug-likeness (QED) is 0.778. The molecule has 0 radical (unpaired) electrons. The first-order chi connectivity index (χ1) is 7.79. The topological polar surface area (TPSA) is 51.2 Å². The van der Waals surface area contributed by atoms with Crippen LogP contribution < -0.4 is 0 Å². The number of hydrogen-bond donors (Lipinski definition) is 0. The molecule has 17 heavy (non-hydrogen) atoms. The van der Waals surface area contributed by atoms with Gasteiger partial charge in [0.25, 0.3) is 0 Å². The highest BCUT2D eigenvalue weighted by atomic mass is 35.5. The molecule has 0 fully saturated rings. The molecule has 3 nitrogen and oxygen atoms in total. The third-order valence-electron chi connectivity index (χ3n) is 2.16. The van der Waals surface area contributed by atoms with Gasteiger partial charge in [-0.2, -0.15) is 0 Å². The lowest BCUT2D eigenvalue weighted by molar-refractivity contribution is 0.0982. The molecule has 0 atom stereocenters. The summed E-state index contributed by atoms with van der Waals surface area (Å²) in [7, 11) is -3.06. The Morgan fingerprint density at radius 2 is 2.06 bits per heavy atom. The van der Waals surface area contributed by atoms with Crippen LogP contribution in [0.15, 0.2) is 18.2 Å². The zero-order chi connectivity index (χ0) is 13.1. The van der Waals surface area contributed by atoms with Crippen LogP contribution in [0.2, 0.25) is 5.02 Å². The SMILES string of the molecule is CS(=O)(=O)CCCC(=O)c1ccc(F)c(Cl)c1. The predicted octanol–water partition coefficient (Wildman–Crippen LogP) is 2.49. The summed E-state index contributed by atoms with van der Waals surface area (Å²) in [5.41, 5.74) is 0.296. The van der Waals surface area contributed by atoms with E-state index in [1.54, 1.807) is 0 Å². The van der Waals surface area contributed by atoms with Crippen molar-refractivity contribution in [3.05, 3.63) is 34.6 Å². The van der Waals surface area contributed by atoms with Crippen molar-refractivity contribution in [1.29, 1.82) is 0 Å².